The lowest BCUT2D eigenvalue weighted by molar-refractivity contribution is -0.116. The standard InChI is InChI=1S/C12H16N2O/c1-4-5-12(15)14-8-11-7-13-10(3)6-9(11)2/h4-7H,8H2,1-3H3,(H,14,15)/b5-4+. The van der Waals surface area contributed by atoms with Gasteiger partial charge in [-0.25, -0.2) is 0 Å². The fourth-order valence-electron chi connectivity index (χ4n) is 1.30. The molecule has 3 heteroatoms. The number of hydrogen-bond acceptors (Lipinski definition) is 2. The average Bonchev–Trinajstić information content (AvgIpc) is 2.17. The van der Waals surface area contributed by atoms with Crippen LogP contribution >= 0.6 is 0 Å². The number of carbonyl (C=O) groups excluding carboxylic acids is 1. The van der Waals surface area contributed by atoms with Crippen LogP contribution in [0.5, 0.6) is 0 Å². The van der Waals surface area contributed by atoms with Crippen molar-refractivity contribution in [2.75, 3.05) is 0 Å². The van der Waals surface area contributed by atoms with Crippen molar-refractivity contribution < 1.29 is 4.79 Å². The Morgan fingerprint density at radius 2 is 2.27 bits per heavy atom. The number of aromatic nitrogens is 1. The highest BCUT2D eigenvalue weighted by molar-refractivity contribution is 5.87. The van der Waals surface area contributed by atoms with E-state index >= 15 is 0 Å². The summed E-state index contributed by atoms with van der Waals surface area (Å²) in [4.78, 5) is 15.4. The van der Waals surface area contributed by atoms with E-state index in [0.717, 1.165) is 16.8 Å². The van der Waals surface area contributed by atoms with Crippen molar-refractivity contribution in [2.45, 2.75) is 27.3 Å². The molecule has 1 rings (SSSR count). The largest absolute Gasteiger partial charge is 0.348 e. The van der Waals surface area contributed by atoms with Crippen LogP contribution in [0.3, 0.4) is 0 Å². The van der Waals surface area contributed by atoms with Crippen LogP contribution < -0.4 is 5.32 Å². The molecule has 0 spiro atoms. The summed E-state index contributed by atoms with van der Waals surface area (Å²) in [6.45, 7) is 6.32. The third-order valence-corrected chi connectivity index (χ3v) is 2.13. The van der Waals surface area contributed by atoms with Gasteiger partial charge in [-0.3, -0.25) is 9.78 Å². The Balaban J connectivity index is 2.62. The van der Waals surface area contributed by atoms with E-state index in [2.05, 4.69) is 10.3 Å². The maximum absolute atomic E-state index is 11.2. The number of hydrogen-bond donors (Lipinski definition) is 1. The van der Waals surface area contributed by atoms with E-state index in [9.17, 15) is 4.79 Å². The number of nitrogens with one attached hydrogen (secondary N) is 1. The average molecular weight is 204 g/mol. The maximum atomic E-state index is 11.2. The first-order valence-corrected chi connectivity index (χ1v) is 4.96. The van der Waals surface area contributed by atoms with Gasteiger partial charge in [-0.15, -0.1) is 0 Å². The van der Waals surface area contributed by atoms with Crippen molar-refractivity contribution in [3.8, 4) is 0 Å². The van der Waals surface area contributed by atoms with Gasteiger partial charge >= 0.3 is 0 Å². The molecule has 0 radical (unpaired) electrons. The van der Waals surface area contributed by atoms with E-state index in [1.165, 1.54) is 6.08 Å². The van der Waals surface area contributed by atoms with E-state index < -0.39 is 0 Å². The van der Waals surface area contributed by atoms with Crippen LogP contribution in [-0.2, 0) is 11.3 Å². The summed E-state index contributed by atoms with van der Waals surface area (Å²) < 4.78 is 0. The highest BCUT2D eigenvalue weighted by atomic mass is 16.1. The van der Waals surface area contributed by atoms with E-state index in [1.54, 1.807) is 12.3 Å². The minimum Gasteiger partial charge on any atom is -0.348 e. The van der Waals surface area contributed by atoms with Crippen molar-refractivity contribution >= 4 is 5.91 Å². The number of rotatable bonds is 3. The van der Waals surface area contributed by atoms with E-state index in [0.29, 0.717) is 6.54 Å². The fraction of sp³-hybridized carbons (Fsp3) is 0.333. The summed E-state index contributed by atoms with van der Waals surface area (Å²) in [5.74, 6) is -0.0718. The van der Waals surface area contributed by atoms with Crippen LogP contribution in [-0.4, -0.2) is 10.9 Å². The van der Waals surface area contributed by atoms with Gasteiger partial charge in [-0.1, -0.05) is 6.08 Å². The molecule has 15 heavy (non-hydrogen) atoms. The van der Waals surface area contributed by atoms with Gasteiger partial charge in [-0.05, 0) is 44.0 Å². The van der Waals surface area contributed by atoms with E-state index in [1.807, 2.05) is 26.8 Å². The van der Waals surface area contributed by atoms with Crippen LogP contribution in [0, 0.1) is 13.8 Å². The van der Waals surface area contributed by atoms with E-state index in [4.69, 9.17) is 0 Å². The molecule has 0 atom stereocenters. The van der Waals surface area contributed by atoms with Crippen LogP contribution in [0.15, 0.2) is 24.4 Å². The summed E-state index contributed by atoms with van der Waals surface area (Å²) in [6.07, 6.45) is 5.03. The highest BCUT2D eigenvalue weighted by Gasteiger charge is 2.00. The topological polar surface area (TPSA) is 42.0 Å². The first-order valence-electron chi connectivity index (χ1n) is 4.96. The molecule has 0 saturated heterocycles. The summed E-state index contributed by atoms with van der Waals surface area (Å²) >= 11 is 0. The van der Waals surface area contributed by atoms with Gasteiger partial charge in [0.25, 0.3) is 0 Å². The van der Waals surface area contributed by atoms with Crippen molar-refractivity contribution in [3.63, 3.8) is 0 Å². The summed E-state index contributed by atoms with van der Waals surface area (Å²) in [6, 6.07) is 2.01. The Morgan fingerprint density at radius 3 is 2.87 bits per heavy atom. The second-order valence-electron chi connectivity index (χ2n) is 3.47. The molecule has 0 unspecified atom stereocenters. The monoisotopic (exact) mass is 204 g/mol. The van der Waals surface area contributed by atoms with Crippen LogP contribution in [0.2, 0.25) is 0 Å². The molecule has 0 aliphatic carbocycles. The zero-order valence-corrected chi connectivity index (χ0v) is 9.37. The summed E-state index contributed by atoms with van der Waals surface area (Å²) in [7, 11) is 0. The molecule has 0 aliphatic heterocycles. The number of nitrogens with zero attached hydrogens (tertiary/aromatic N) is 1. The Bertz CT molecular complexity index is 383. The fourth-order valence-corrected chi connectivity index (χ4v) is 1.30. The minimum absolute atomic E-state index is 0.0718. The molecule has 80 valence electrons. The molecule has 0 fully saturated rings. The van der Waals surface area contributed by atoms with Gasteiger partial charge in [-0.2, -0.15) is 0 Å². The molecular weight excluding hydrogens is 188 g/mol. The molecule has 1 N–H and O–H groups in total. The van der Waals surface area contributed by atoms with Gasteiger partial charge in [0.2, 0.25) is 5.91 Å². The Kier molecular flexibility index (Phi) is 4.03. The number of pyridine rings is 1. The molecule has 0 bridgehead atoms. The smallest absolute Gasteiger partial charge is 0.243 e. The first-order chi connectivity index (χ1) is 7.13. The maximum Gasteiger partial charge on any atom is 0.243 e. The molecule has 0 aromatic carbocycles. The van der Waals surface area contributed by atoms with Gasteiger partial charge in [0.15, 0.2) is 0 Å². The zero-order valence-electron chi connectivity index (χ0n) is 9.37. The highest BCUT2D eigenvalue weighted by Crippen LogP contribution is 2.07. The summed E-state index contributed by atoms with van der Waals surface area (Å²) in [5.41, 5.74) is 3.21. The van der Waals surface area contributed by atoms with Crippen LogP contribution in [0.4, 0.5) is 0 Å². The quantitative estimate of drug-likeness (QED) is 0.764. The molecule has 3 nitrogen and oxygen atoms in total. The van der Waals surface area contributed by atoms with Gasteiger partial charge in [0, 0.05) is 18.4 Å². The molecular formula is C12H16N2O. The molecule has 0 aliphatic rings. The number of amides is 1. The Hall–Kier alpha value is -1.64. The third-order valence-electron chi connectivity index (χ3n) is 2.13. The number of carbonyl (C=O) groups is 1. The molecule has 1 amide bonds. The van der Waals surface area contributed by atoms with Crippen molar-refractivity contribution in [1.82, 2.24) is 10.3 Å². The lowest BCUT2D eigenvalue weighted by Crippen LogP contribution is -2.20. The Labute approximate surface area is 90.2 Å². The molecule has 0 saturated carbocycles. The predicted molar refractivity (Wildman–Crippen MR) is 60.4 cm³/mol. The SMILES string of the molecule is C/C=C/C(=O)NCc1cnc(C)cc1C. The lowest BCUT2D eigenvalue weighted by Gasteiger charge is -2.06. The second-order valence-corrected chi connectivity index (χ2v) is 3.47. The van der Waals surface area contributed by atoms with Gasteiger partial charge < -0.3 is 5.32 Å². The number of allylic oxidation sites excluding steroid dienone is 1. The number of aryl methyl sites for hydroxylation is 2. The lowest BCUT2D eigenvalue weighted by atomic mass is 10.1. The zero-order chi connectivity index (χ0) is 11.3. The van der Waals surface area contributed by atoms with Crippen molar-refractivity contribution in [3.05, 3.63) is 41.2 Å². The summed E-state index contributed by atoms with van der Waals surface area (Å²) in [5, 5.41) is 2.79. The van der Waals surface area contributed by atoms with Crippen molar-refractivity contribution in [1.29, 1.82) is 0 Å². The first kappa shape index (κ1) is 11.4. The van der Waals surface area contributed by atoms with Crippen LogP contribution in [0.1, 0.15) is 23.7 Å². The predicted octanol–water partition coefficient (Wildman–Crippen LogP) is 1.89. The molecule has 1 aromatic rings. The molecule has 1 heterocycles. The molecule has 1 aromatic heterocycles. The van der Waals surface area contributed by atoms with E-state index in [-0.39, 0.29) is 5.91 Å². The second kappa shape index (κ2) is 5.29. The van der Waals surface area contributed by atoms with Gasteiger partial charge in [0.1, 0.15) is 0 Å². The van der Waals surface area contributed by atoms with Gasteiger partial charge in [0.05, 0.1) is 0 Å². The van der Waals surface area contributed by atoms with Crippen LogP contribution in [0.25, 0.3) is 0 Å². The third kappa shape index (κ3) is 3.54. The van der Waals surface area contributed by atoms with Crippen molar-refractivity contribution in [2.24, 2.45) is 0 Å². The Morgan fingerprint density at radius 1 is 1.53 bits per heavy atom. The normalized spacial score (nSPS) is 10.6. The minimum atomic E-state index is -0.0718.